The first-order chi connectivity index (χ1) is 4.20. The van der Waals surface area contributed by atoms with Crippen LogP contribution >= 0.6 is 22.6 Å². The van der Waals surface area contributed by atoms with E-state index in [-0.39, 0.29) is 0 Å². The molecule has 0 aromatic carbocycles. The molecule has 3 atom stereocenters. The van der Waals surface area contributed by atoms with Crippen LogP contribution in [0, 0.1) is 5.92 Å². The maximum absolute atomic E-state index is 12.8. The van der Waals surface area contributed by atoms with Gasteiger partial charge in [0.1, 0.15) is 6.17 Å². The Morgan fingerprint density at radius 2 is 2.11 bits per heavy atom. The molecular formula is C7H12FI. The number of halogens is 2. The lowest BCUT2D eigenvalue weighted by molar-refractivity contribution is 0.222. The number of alkyl halides is 2. The highest BCUT2D eigenvalue weighted by Crippen LogP contribution is 2.30. The van der Waals surface area contributed by atoms with Gasteiger partial charge in [0.2, 0.25) is 0 Å². The Hall–Kier alpha value is 0.660. The summed E-state index contributed by atoms with van der Waals surface area (Å²) in [4.78, 5) is 0. The monoisotopic (exact) mass is 242 g/mol. The molecule has 1 rings (SSSR count). The van der Waals surface area contributed by atoms with Gasteiger partial charge in [-0.15, -0.1) is 0 Å². The number of rotatable bonds is 0. The fourth-order valence-corrected chi connectivity index (χ4v) is 1.93. The van der Waals surface area contributed by atoms with E-state index in [0.717, 1.165) is 12.8 Å². The van der Waals surface area contributed by atoms with Crippen LogP contribution in [0.1, 0.15) is 26.2 Å². The normalized spacial score (nSPS) is 45.0. The van der Waals surface area contributed by atoms with E-state index in [0.29, 0.717) is 9.84 Å². The van der Waals surface area contributed by atoms with Gasteiger partial charge < -0.3 is 0 Å². The van der Waals surface area contributed by atoms with Crippen molar-refractivity contribution in [3.63, 3.8) is 0 Å². The van der Waals surface area contributed by atoms with Crippen LogP contribution in [-0.4, -0.2) is 10.1 Å². The zero-order valence-corrected chi connectivity index (χ0v) is 7.77. The minimum absolute atomic E-state index is 0.291. The minimum Gasteiger partial charge on any atom is -0.246 e. The van der Waals surface area contributed by atoms with Crippen molar-refractivity contribution in [3.05, 3.63) is 0 Å². The van der Waals surface area contributed by atoms with E-state index in [1.54, 1.807) is 0 Å². The summed E-state index contributed by atoms with van der Waals surface area (Å²) in [5.41, 5.74) is 0. The quantitative estimate of drug-likeness (QED) is 0.452. The molecule has 0 saturated heterocycles. The Morgan fingerprint density at radius 1 is 1.44 bits per heavy atom. The van der Waals surface area contributed by atoms with Crippen molar-refractivity contribution in [3.8, 4) is 0 Å². The van der Waals surface area contributed by atoms with Crippen LogP contribution < -0.4 is 0 Å². The zero-order chi connectivity index (χ0) is 6.85. The number of hydrogen-bond donors (Lipinski definition) is 0. The van der Waals surface area contributed by atoms with Crippen molar-refractivity contribution in [1.82, 2.24) is 0 Å². The Labute approximate surface area is 69.4 Å². The van der Waals surface area contributed by atoms with E-state index in [4.69, 9.17) is 0 Å². The molecule has 1 saturated carbocycles. The summed E-state index contributed by atoms with van der Waals surface area (Å²) >= 11 is 2.22. The van der Waals surface area contributed by atoms with Crippen molar-refractivity contribution in [1.29, 1.82) is 0 Å². The Kier molecular flexibility index (Phi) is 2.73. The largest absolute Gasteiger partial charge is 0.246 e. The molecule has 0 nitrogen and oxygen atoms in total. The van der Waals surface area contributed by atoms with Gasteiger partial charge in [0, 0.05) is 3.92 Å². The van der Waals surface area contributed by atoms with Crippen molar-refractivity contribution < 1.29 is 4.39 Å². The average Bonchev–Trinajstić information content (AvgIpc) is 1.80. The van der Waals surface area contributed by atoms with Gasteiger partial charge in [-0.1, -0.05) is 29.5 Å². The fourth-order valence-electron chi connectivity index (χ4n) is 1.27. The first-order valence-corrected chi connectivity index (χ1v) is 4.73. The summed E-state index contributed by atoms with van der Waals surface area (Å²) in [6.45, 7) is 2.13. The van der Waals surface area contributed by atoms with E-state index in [1.165, 1.54) is 6.42 Å². The lowest BCUT2D eigenvalue weighted by Gasteiger charge is -2.25. The van der Waals surface area contributed by atoms with Gasteiger partial charge in [-0.2, -0.15) is 0 Å². The van der Waals surface area contributed by atoms with E-state index >= 15 is 0 Å². The van der Waals surface area contributed by atoms with Gasteiger partial charge >= 0.3 is 0 Å². The minimum atomic E-state index is -0.533. The third-order valence-corrected chi connectivity index (χ3v) is 3.36. The summed E-state index contributed by atoms with van der Waals surface area (Å²) < 4.78 is 13.1. The second-order valence-corrected chi connectivity index (χ2v) is 4.55. The van der Waals surface area contributed by atoms with Crippen molar-refractivity contribution in [2.24, 2.45) is 5.92 Å². The first kappa shape index (κ1) is 7.76. The van der Waals surface area contributed by atoms with Crippen molar-refractivity contribution >= 4 is 22.6 Å². The highest BCUT2D eigenvalue weighted by molar-refractivity contribution is 14.1. The molecule has 3 unspecified atom stereocenters. The van der Waals surface area contributed by atoms with Gasteiger partial charge in [0.25, 0.3) is 0 Å². The van der Waals surface area contributed by atoms with Gasteiger partial charge in [-0.25, -0.2) is 4.39 Å². The predicted octanol–water partition coefficient (Wildman–Crippen LogP) is 2.95. The third kappa shape index (κ3) is 2.06. The Balaban J connectivity index is 2.35. The summed E-state index contributed by atoms with van der Waals surface area (Å²) in [5, 5.41) is 0. The standard InChI is InChI=1S/C7H12FI/c1-5-2-3-7(9)6(8)4-5/h5-7H,2-4H2,1H3. The lowest BCUT2D eigenvalue weighted by atomic mass is 9.90. The van der Waals surface area contributed by atoms with Gasteiger partial charge in [0.05, 0.1) is 0 Å². The molecular weight excluding hydrogens is 230 g/mol. The fraction of sp³-hybridized carbons (Fsp3) is 1.00. The molecule has 0 aromatic heterocycles. The van der Waals surface area contributed by atoms with Crippen molar-refractivity contribution in [2.45, 2.75) is 36.3 Å². The second-order valence-electron chi connectivity index (χ2n) is 2.95. The lowest BCUT2D eigenvalue weighted by Crippen LogP contribution is -2.24. The molecule has 1 fully saturated rings. The van der Waals surface area contributed by atoms with Gasteiger partial charge in [0.15, 0.2) is 0 Å². The summed E-state index contributed by atoms with van der Waals surface area (Å²) in [7, 11) is 0. The molecule has 9 heavy (non-hydrogen) atoms. The van der Waals surface area contributed by atoms with Crippen LogP contribution in [-0.2, 0) is 0 Å². The maximum atomic E-state index is 12.8. The predicted molar refractivity (Wildman–Crippen MR) is 45.7 cm³/mol. The van der Waals surface area contributed by atoms with Crippen LogP contribution in [0.25, 0.3) is 0 Å². The molecule has 0 aliphatic heterocycles. The molecule has 1 aliphatic carbocycles. The molecule has 0 aromatic rings. The second kappa shape index (κ2) is 3.17. The van der Waals surface area contributed by atoms with E-state index in [9.17, 15) is 4.39 Å². The molecule has 0 amide bonds. The summed E-state index contributed by atoms with van der Waals surface area (Å²) in [6.07, 6.45) is 2.54. The SMILES string of the molecule is CC1CCC(I)C(F)C1. The van der Waals surface area contributed by atoms with E-state index < -0.39 is 6.17 Å². The smallest absolute Gasteiger partial charge is 0.112 e. The molecule has 0 heterocycles. The molecule has 0 bridgehead atoms. The topological polar surface area (TPSA) is 0 Å². The Morgan fingerprint density at radius 3 is 2.56 bits per heavy atom. The van der Waals surface area contributed by atoms with Crippen LogP contribution in [0.4, 0.5) is 4.39 Å². The van der Waals surface area contributed by atoms with E-state index in [2.05, 4.69) is 29.5 Å². The molecule has 54 valence electrons. The van der Waals surface area contributed by atoms with Crippen molar-refractivity contribution in [2.75, 3.05) is 0 Å². The summed E-state index contributed by atoms with van der Waals surface area (Å²) in [5.74, 6) is 0.617. The molecule has 0 spiro atoms. The highest BCUT2D eigenvalue weighted by Gasteiger charge is 2.25. The van der Waals surface area contributed by atoms with Crippen LogP contribution in [0.5, 0.6) is 0 Å². The zero-order valence-electron chi connectivity index (χ0n) is 5.61. The summed E-state index contributed by atoms with van der Waals surface area (Å²) in [6, 6.07) is 0. The highest BCUT2D eigenvalue weighted by atomic mass is 127. The van der Waals surface area contributed by atoms with E-state index in [1.807, 2.05) is 0 Å². The van der Waals surface area contributed by atoms with Gasteiger partial charge in [-0.3, -0.25) is 0 Å². The maximum Gasteiger partial charge on any atom is 0.112 e. The first-order valence-electron chi connectivity index (χ1n) is 3.48. The van der Waals surface area contributed by atoms with Crippen LogP contribution in [0.2, 0.25) is 0 Å². The Bertz CT molecular complexity index is 94.9. The van der Waals surface area contributed by atoms with Crippen LogP contribution in [0.15, 0.2) is 0 Å². The van der Waals surface area contributed by atoms with Gasteiger partial charge in [-0.05, 0) is 25.2 Å². The molecule has 0 radical (unpaired) electrons. The molecule has 1 aliphatic rings. The molecule has 2 heteroatoms. The third-order valence-electron chi connectivity index (χ3n) is 1.96. The van der Waals surface area contributed by atoms with Crippen LogP contribution in [0.3, 0.4) is 0 Å². The molecule has 0 N–H and O–H groups in total. The average molecular weight is 242 g/mol. The number of hydrogen-bond acceptors (Lipinski definition) is 0.